The quantitative estimate of drug-likeness (QED) is 0.413. The lowest BCUT2D eigenvalue weighted by Gasteiger charge is -2.08. The number of carbonyl (C=O) groups excluding carboxylic acids is 3. The number of Topliss-reactive ketones (excluding diaryl/α,β-unsaturated/α-hetero) is 1. The van der Waals surface area contributed by atoms with Crippen molar-refractivity contribution in [2.45, 2.75) is 25.2 Å². The zero-order valence-corrected chi connectivity index (χ0v) is 16.5. The van der Waals surface area contributed by atoms with Crippen molar-refractivity contribution in [2.24, 2.45) is 5.92 Å². The lowest BCUT2D eigenvalue weighted by molar-refractivity contribution is -0.116. The van der Waals surface area contributed by atoms with Crippen molar-refractivity contribution < 1.29 is 19.1 Å². The lowest BCUT2D eigenvalue weighted by Crippen LogP contribution is -2.15. The normalized spacial score (nSPS) is 10.5. The van der Waals surface area contributed by atoms with E-state index in [0.717, 1.165) is 4.90 Å². The van der Waals surface area contributed by atoms with Crippen molar-refractivity contribution in [3.63, 3.8) is 0 Å². The molecule has 2 aromatic rings. The molecule has 0 saturated carbocycles. The van der Waals surface area contributed by atoms with Crippen LogP contribution >= 0.6 is 11.8 Å². The highest BCUT2D eigenvalue weighted by atomic mass is 32.2. The van der Waals surface area contributed by atoms with Crippen molar-refractivity contribution in [1.29, 1.82) is 0 Å². The number of amides is 1. The molecule has 0 bridgehead atoms. The average Bonchev–Trinajstić information content (AvgIpc) is 2.65. The molecule has 0 unspecified atom stereocenters. The van der Waals surface area contributed by atoms with Gasteiger partial charge in [0.2, 0.25) is 5.91 Å². The molecule has 0 heterocycles. The van der Waals surface area contributed by atoms with Crippen LogP contribution in [0, 0.1) is 5.92 Å². The van der Waals surface area contributed by atoms with Crippen LogP contribution in [0.25, 0.3) is 0 Å². The molecule has 0 fully saturated rings. The first kappa shape index (κ1) is 20.7. The molecular weight excluding hydrogens is 362 g/mol. The summed E-state index contributed by atoms with van der Waals surface area (Å²) in [7, 11) is 0. The fourth-order valence-electron chi connectivity index (χ4n) is 2.35. The first-order chi connectivity index (χ1) is 12.9. The van der Waals surface area contributed by atoms with Crippen LogP contribution in [-0.2, 0) is 9.53 Å². The average molecular weight is 385 g/mol. The van der Waals surface area contributed by atoms with Crippen LogP contribution in [0.3, 0.4) is 0 Å². The Labute approximate surface area is 163 Å². The summed E-state index contributed by atoms with van der Waals surface area (Å²) in [5.41, 5.74) is 1.45. The number of anilines is 1. The maximum atomic E-state index is 12.2. The standard InChI is InChI=1S/C21H23NO4S/c1-14(2)12-20(24)22-17-8-4-15(5-9-17)19(23)13-26-21(25)16-6-10-18(27-3)11-7-16/h4-11,14H,12-13H2,1-3H3,(H,22,24). The molecule has 6 heteroatoms. The highest BCUT2D eigenvalue weighted by molar-refractivity contribution is 7.98. The number of thioether (sulfide) groups is 1. The van der Waals surface area contributed by atoms with Gasteiger partial charge in [-0.1, -0.05) is 13.8 Å². The van der Waals surface area contributed by atoms with Crippen LogP contribution in [0.5, 0.6) is 0 Å². The number of carbonyl (C=O) groups is 3. The van der Waals surface area contributed by atoms with Crippen LogP contribution in [0.4, 0.5) is 5.69 Å². The van der Waals surface area contributed by atoms with Gasteiger partial charge in [-0.3, -0.25) is 9.59 Å². The largest absolute Gasteiger partial charge is 0.454 e. The van der Waals surface area contributed by atoms with Gasteiger partial charge in [0.1, 0.15) is 0 Å². The summed E-state index contributed by atoms with van der Waals surface area (Å²) in [5, 5.41) is 2.78. The molecule has 0 aliphatic carbocycles. The number of nitrogens with one attached hydrogen (secondary N) is 1. The van der Waals surface area contributed by atoms with Crippen LogP contribution in [0.2, 0.25) is 0 Å². The van der Waals surface area contributed by atoms with E-state index in [9.17, 15) is 14.4 Å². The Kier molecular flexibility index (Phi) is 7.61. The number of hydrogen-bond acceptors (Lipinski definition) is 5. The molecule has 0 aliphatic rings. The summed E-state index contributed by atoms with van der Waals surface area (Å²) in [5.74, 6) is -0.624. The third-order valence-electron chi connectivity index (χ3n) is 3.74. The van der Waals surface area contributed by atoms with E-state index in [0.29, 0.717) is 23.2 Å². The molecule has 0 radical (unpaired) electrons. The minimum Gasteiger partial charge on any atom is -0.454 e. The number of rotatable bonds is 8. The number of benzene rings is 2. The highest BCUT2D eigenvalue weighted by Crippen LogP contribution is 2.16. The number of ketones is 1. The maximum absolute atomic E-state index is 12.2. The Morgan fingerprint density at radius 3 is 2.11 bits per heavy atom. The predicted octanol–water partition coefficient (Wildman–Crippen LogP) is 4.43. The molecule has 5 nitrogen and oxygen atoms in total. The van der Waals surface area contributed by atoms with Crippen LogP contribution < -0.4 is 5.32 Å². The number of hydrogen-bond donors (Lipinski definition) is 1. The molecule has 0 saturated heterocycles. The molecule has 2 aromatic carbocycles. The molecular formula is C21H23NO4S. The summed E-state index contributed by atoms with van der Waals surface area (Å²) < 4.78 is 5.09. The van der Waals surface area contributed by atoms with Gasteiger partial charge < -0.3 is 10.1 Å². The Morgan fingerprint density at radius 1 is 0.963 bits per heavy atom. The van der Waals surface area contributed by atoms with Crippen molar-refractivity contribution in [3.8, 4) is 0 Å². The van der Waals surface area contributed by atoms with Gasteiger partial charge in [0.25, 0.3) is 0 Å². The van der Waals surface area contributed by atoms with E-state index in [1.165, 1.54) is 0 Å². The van der Waals surface area contributed by atoms with Gasteiger partial charge in [-0.05, 0) is 60.7 Å². The molecule has 2 rings (SSSR count). The van der Waals surface area contributed by atoms with Gasteiger partial charge in [0.05, 0.1) is 5.56 Å². The summed E-state index contributed by atoms with van der Waals surface area (Å²) in [6.45, 7) is 3.61. The Hall–Kier alpha value is -2.60. The second-order valence-electron chi connectivity index (χ2n) is 6.45. The smallest absolute Gasteiger partial charge is 0.338 e. The molecule has 1 amide bonds. The summed E-state index contributed by atoms with van der Waals surface area (Å²) in [6.07, 6.45) is 2.39. The Balaban J connectivity index is 1.88. The fraction of sp³-hybridized carbons (Fsp3) is 0.286. The minimum atomic E-state index is -0.534. The highest BCUT2D eigenvalue weighted by Gasteiger charge is 2.12. The summed E-state index contributed by atoms with van der Waals surface area (Å²) >= 11 is 1.58. The SMILES string of the molecule is CSc1ccc(C(=O)OCC(=O)c2ccc(NC(=O)CC(C)C)cc2)cc1. The monoisotopic (exact) mass is 385 g/mol. The van der Waals surface area contributed by atoms with Crippen LogP contribution in [0.15, 0.2) is 53.4 Å². The van der Waals surface area contributed by atoms with E-state index in [2.05, 4.69) is 5.32 Å². The van der Waals surface area contributed by atoms with Gasteiger partial charge in [0.15, 0.2) is 12.4 Å². The molecule has 142 valence electrons. The van der Waals surface area contributed by atoms with Gasteiger partial charge in [-0.15, -0.1) is 11.8 Å². The van der Waals surface area contributed by atoms with E-state index in [-0.39, 0.29) is 24.2 Å². The van der Waals surface area contributed by atoms with Crippen molar-refractivity contribution in [3.05, 3.63) is 59.7 Å². The van der Waals surface area contributed by atoms with Gasteiger partial charge in [0, 0.05) is 22.6 Å². The topological polar surface area (TPSA) is 72.5 Å². The molecule has 0 spiro atoms. The third kappa shape index (κ3) is 6.57. The third-order valence-corrected chi connectivity index (χ3v) is 4.49. The zero-order valence-electron chi connectivity index (χ0n) is 15.7. The van der Waals surface area contributed by atoms with E-state index in [4.69, 9.17) is 4.74 Å². The van der Waals surface area contributed by atoms with Crippen LogP contribution in [-0.4, -0.2) is 30.5 Å². The van der Waals surface area contributed by atoms with E-state index < -0.39 is 5.97 Å². The Morgan fingerprint density at radius 2 is 1.56 bits per heavy atom. The zero-order chi connectivity index (χ0) is 19.8. The second-order valence-corrected chi connectivity index (χ2v) is 7.33. The van der Waals surface area contributed by atoms with Crippen molar-refractivity contribution in [2.75, 3.05) is 18.2 Å². The molecule has 0 aromatic heterocycles. The van der Waals surface area contributed by atoms with E-state index in [1.54, 1.807) is 48.2 Å². The maximum Gasteiger partial charge on any atom is 0.338 e. The van der Waals surface area contributed by atoms with E-state index >= 15 is 0 Å². The minimum absolute atomic E-state index is 0.0644. The summed E-state index contributed by atoms with van der Waals surface area (Å²) in [6, 6.07) is 13.5. The second kappa shape index (κ2) is 9.92. The van der Waals surface area contributed by atoms with E-state index in [1.807, 2.05) is 32.2 Å². The molecule has 1 N–H and O–H groups in total. The molecule has 27 heavy (non-hydrogen) atoms. The first-order valence-electron chi connectivity index (χ1n) is 8.63. The summed E-state index contributed by atoms with van der Waals surface area (Å²) in [4.78, 5) is 37.0. The fourth-order valence-corrected chi connectivity index (χ4v) is 2.76. The predicted molar refractivity (Wildman–Crippen MR) is 107 cm³/mol. The van der Waals surface area contributed by atoms with Crippen LogP contribution in [0.1, 0.15) is 41.0 Å². The molecule has 0 atom stereocenters. The Bertz CT molecular complexity index is 798. The number of esters is 1. The van der Waals surface area contributed by atoms with Gasteiger partial charge >= 0.3 is 5.97 Å². The molecule has 0 aliphatic heterocycles. The lowest BCUT2D eigenvalue weighted by atomic mass is 10.1. The van der Waals surface area contributed by atoms with Crippen molar-refractivity contribution in [1.82, 2.24) is 0 Å². The van der Waals surface area contributed by atoms with Gasteiger partial charge in [-0.2, -0.15) is 0 Å². The van der Waals surface area contributed by atoms with Gasteiger partial charge in [-0.25, -0.2) is 4.79 Å². The number of ether oxygens (including phenoxy) is 1. The van der Waals surface area contributed by atoms with Crippen molar-refractivity contribution >= 4 is 35.1 Å². The first-order valence-corrected chi connectivity index (χ1v) is 9.86.